The minimum absolute atomic E-state index is 0.0647. The van der Waals surface area contributed by atoms with Crippen molar-refractivity contribution in [2.24, 2.45) is 0 Å². The number of nitrogens with zero attached hydrogens (tertiary/aromatic N) is 2. The molecule has 5 heteroatoms. The van der Waals surface area contributed by atoms with Gasteiger partial charge in [-0.3, -0.25) is 4.79 Å². The van der Waals surface area contributed by atoms with Crippen molar-refractivity contribution >= 4 is 17.7 Å². The minimum atomic E-state index is -0.0647. The smallest absolute Gasteiger partial charge is 0.237 e. The van der Waals surface area contributed by atoms with Crippen molar-refractivity contribution in [3.8, 4) is 0 Å². The van der Waals surface area contributed by atoms with E-state index in [0.717, 1.165) is 37.3 Å². The van der Waals surface area contributed by atoms with Crippen LogP contribution in [0.15, 0.2) is 30.5 Å². The summed E-state index contributed by atoms with van der Waals surface area (Å²) >= 11 is 1.75. The Bertz CT molecular complexity index is 716. The van der Waals surface area contributed by atoms with E-state index in [1.54, 1.807) is 11.8 Å². The van der Waals surface area contributed by atoms with Crippen molar-refractivity contribution in [3.63, 3.8) is 0 Å². The van der Waals surface area contributed by atoms with Gasteiger partial charge in [0.05, 0.1) is 5.69 Å². The second-order valence-corrected chi connectivity index (χ2v) is 7.75. The number of imidazole rings is 1. The molecular formula is C19H23N3OS. The SMILES string of the molecule is O=C(NCCc1cn2c(n1)CCCC2)[C@@H]1SCCc2ccccc21. The predicted octanol–water partition coefficient (Wildman–Crippen LogP) is 2.91. The van der Waals surface area contributed by atoms with Crippen LogP contribution in [0.25, 0.3) is 0 Å². The van der Waals surface area contributed by atoms with E-state index in [0.29, 0.717) is 6.54 Å². The van der Waals surface area contributed by atoms with Crippen LogP contribution in [-0.4, -0.2) is 27.8 Å². The number of fused-ring (bicyclic) bond motifs is 2. The highest BCUT2D eigenvalue weighted by Crippen LogP contribution is 2.36. The van der Waals surface area contributed by atoms with Gasteiger partial charge in [0.2, 0.25) is 5.91 Å². The third-order valence-corrected chi connectivity index (χ3v) is 6.11. The summed E-state index contributed by atoms with van der Waals surface area (Å²) in [7, 11) is 0. The lowest BCUT2D eigenvalue weighted by Crippen LogP contribution is -2.31. The molecular weight excluding hydrogens is 318 g/mol. The summed E-state index contributed by atoms with van der Waals surface area (Å²) in [6, 6.07) is 8.32. The van der Waals surface area contributed by atoms with Crippen molar-refractivity contribution in [1.29, 1.82) is 0 Å². The third-order valence-electron chi connectivity index (χ3n) is 4.87. The van der Waals surface area contributed by atoms with E-state index < -0.39 is 0 Å². The molecule has 0 unspecified atom stereocenters. The predicted molar refractivity (Wildman–Crippen MR) is 97.2 cm³/mol. The number of hydrogen-bond acceptors (Lipinski definition) is 3. The Hall–Kier alpha value is -1.75. The molecule has 0 saturated heterocycles. The highest BCUT2D eigenvalue weighted by molar-refractivity contribution is 8.00. The number of carbonyl (C=O) groups excluding carboxylic acids is 1. The number of benzene rings is 1. The zero-order chi connectivity index (χ0) is 16.4. The molecule has 2 aromatic rings. The molecule has 0 bridgehead atoms. The van der Waals surface area contributed by atoms with Crippen molar-refractivity contribution in [1.82, 2.24) is 14.9 Å². The largest absolute Gasteiger partial charge is 0.354 e. The van der Waals surface area contributed by atoms with Gasteiger partial charge in [-0.15, -0.1) is 11.8 Å². The molecule has 3 heterocycles. The summed E-state index contributed by atoms with van der Waals surface area (Å²) in [5.41, 5.74) is 3.60. The first kappa shape index (κ1) is 15.8. The van der Waals surface area contributed by atoms with Crippen LogP contribution in [0.1, 0.15) is 40.7 Å². The van der Waals surface area contributed by atoms with Gasteiger partial charge < -0.3 is 9.88 Å². The fourth-order valence-corrected chi connectivity index (χ4v) is 4.83. The Morgan fingerprint density at radius 2 is 2.21 bits per heavy atom. The summed E-state index contributed by atoms with van der Waals surface area (Å²) in [6.45, 7) is 1.75. The molecule has 1 atom stereocenters. The van der Waals surface area contributed by atoms with Crippen LogP contribution in [0.4, 0.5) is 0 Å². The molecule has 4 nitrogen and oxygen atoms in total. The lowest BCUT2D eigenvalue weighted by molar-refractivity contribution is -0.120. The molecule has 1 aromatic carbocycles. The number of carbonyl (C=O) groups is 1. The first-order chi connectivity index (χ1) is 11.8. The van der Waals surface area contributed by atoms with E-state index >= 15 is 0 Å². The van der Waals surface area contributed by atoms with Crippen LogP contribution in [0.2, 0.25) is 0 Å². The zero-order valence-electron chi connectivity index (χ0n) is 13.8. The van der Waals surface area contributed by atoms with E-state index in [4.69, 9.17) is 4.98 Å². The molecule has 0 saturated carbocycles. The summed E-state index contributed by atoms with van der Waals surface area (Å²) in [5, 5.41) is 3.05. The molecule has 24 heavy (non-hydrogen) atoms. The Labute approximate surface area is 147 Å². The monoisotopic (exact) mass is 341 g/mol. The first-order valence-corrected chi connectivity index (χ1v) is 9.88. The van der Waals surface area contributed by atoms with Crippen LogP contribution in [0.3, 0.4) is 0 Å². The summed E-state index contributed by atoms with van der Waals surface area (Å²) < 4.78 is 2.27. The minimum Gasteiger partial charge on any atom is -0.354 e. The average Bonchev–Trinajstić information content (AvgIpc) is 3.04. The van der Waals surface area contributed by atoms with Gasteiger partial charge >= 0.3 is 0 Å². The third kappa shape index (κ3) is 3.22. The van der Waals surface area contributed by atoms with Gasteiger partial charge in [0.1, 0.15) is 11.1 Å². The van der Waals surface area contributed by atoms with Gasteiger partial charge in [0.25, 0.3) is 0 Å². The number of aromatic nitrogens is 2. The van der Waals surface area contributed by atoms with E-state index in [1.165, 1.54) is 29.8 Å². The molecule has 126 valence electrons. The van der Waals surface area contributed by atoms with Gasteiger partial charge in [0, 0.05) is 32.1 Å². The number of nitrogens with one attached hydrogen (secondary N) is 1. The van der Waals surface area contributed by atoms with E-state index in [-0.39, 0.29) is 11.2 Å². The number of aryl methyl sites for hydroxylation is 3. The Balaban J connectivity index is 1.35. The van der Waals surface area contributed by atoms with Crippen molar-refractivity contribution in [2.45, 2.75) is 43.9 Å². The maximum atomic E-state index is 12.6. The number of hydrogen-bond donors (Lipinski definition) is 1. The number of amides is 1. The fourth-order valence-electron chi connectivity index (χ4n) is 3.61. The van der Waals surface area contributed by atoms with Gasteiger partial charge in [-0.25, -0.2) is 4.98 Å². The van der Waals surface area contributed by atoms with E-state index in [9.17, 15) is 4.79 Å². The number of rotatable bonds is 4. The van der Waals surface area contributed by atoms with Crippen molar-refractivity contribution in [2.75, 3.05) is 12.3 Å². The molecule has 1 N–H and O–H groups in total. The maximum absolute atomic E-state index is 12.6. The molecule has 0 fully saturated rings. The van der Waals surface area contributed by atoms with Gasteiger partial charge in [-0.05, 0) is 36.1 Å². The normalized spacial score (nSPS) is 19.4. The molecule has 0 spiro atoms. The molecule has 0 radical (unpaired) electrons. The van der Waals surface area contributed by atoms with Crippen molar-refractivity contribution in [3.05, 3.63) is 53.1 Å². The molecule has 2 aliphatic heterocycles. The molecule has 1 amide bonds. The lowest BCUT2D eigenvalue weighted by atomic mass is 10.0. The quantitative estimate of drug-likeness (QED) is 0.930. The highest BCUT2D eigenvalue weighted by Gasteiger charge is 2.26. The summed E-state index contributed by atoms with van der Waals surface area (Å²) in [4.78, 5) is 17.3. The van der Waals surface area contributed by atoms with E-state index in [2.05, 4.69) is 34.3 Å². The molecule has 2 aliphatic rings. The second kappa shape index (κ2) is 7.01. The first-order valence-electron chi connectivity index (χ1n) is 8.83. The zero-order valence-corrected chi connectivity index (χ0v) is 14.6. The lowest BCUT2D eigenvalue weighted by Gasteiger charge is -2.24. The van der Waals surface area contributed by atoms with Crippen LogP contribution >= 0.6 is 11.8 Å². The van der Waals surface area contributed by atoms with Crippen LogP contribution in [0, 0.1) is 0 Å². The molecule has 1 aromatic heterocycles. The summed E-state index contributed by atoms with van der Waals surface area (Å²) in [5.74, 6) is 2.36. The second-order valence-electron chi connectivity index (χ2n) is 6.54. The topological polar surface area (TPSA) is 46.9 Å². The Morgan fingerprint density at radius 1 is 1.29 bits per heavy atom. The van der Waals surface area contributed by atoms with E-state index in [1.807, 2.05) is 6.07 Å². The fraction of sp³-hybridized carbons (Fsp3) is 0.474. The molecule has 0 aliphatic carbocycles. The van der Waals surface area contributed by atoms with Crippen molar-refractivity contribution < 1.29 is 4.79 Å². The van der Waals surface area contributed by atoms with Gasteiger partial charge in [-0.2, -0.15) is 0 Å². The standard InChI is InChI=1S/C19H23N3OS/c23-19(18-16-6-2-1-5-14(16)9-12-24-18)20-10-8-15-13-22-11-4-3-7-17(22)21-15/h1-2,5-6,13,18H,3-4,7-12H2,(H,20,23)/t18-/m1/s1. The highest BCUT2D eigenvalue weighted by atomic mass is 32.2. The van der Waals surface area contributed by atoms with Crippen LogP contribution in [-0.2, 0) is 30.6 Å². The number of thioether (sulfide) groups is 1. The maximum Gasteiger partial charge on any atom is 0.237 e. The summed E-state index contributed by atoms with van der Waals surface area (Å²) in [6.07, 6.45) is 7.60. The van der Waals surface area contributed by atoms with Crippen LogP contribution in [0.5, 0.6) is 0 Å². The van der Waals surface area contributed by atoms with Crippen LogP contribution < -0.4 is 5.32 Å². The van der Waals surface area contributed by atoms with Gasteiger partial charge in [0.15, 0.2) is 0 Å². The Morgan fingerprint density at radius 3 is 3.12 bits per heavy atom. The molecule has 4 rings (SSSR count). The Kier molecular flexibility index (Phi) is 4.60. The van der Waals surface area contributed by atoms with Gasteiger partial charge in [-0.1, -0.05) is 24.3 Å². The average molecular weight is 341 g/mol.